The molecule has 0 bridgehead atoms. The summed E-state index contributed by atoms with van der Waals surface area (Å²) in [5.74, 6) is -1.54. The van der Waals surface area contributed by atoms with E-state index < -0.39 is 29.7 Å². The molecule has 4 N–H and O–H groups in total. The van der Waals surface area contributed by atoms with Crippen molar-refractivity contribution in [3.8, 4) is 0 Å². The Hall–Kier alpha value is -4.20. The van der Waals surface area contributed by atoms with Crippen molar-refractivity contribution >= 4 is 34.9 Å². The molecule has 0 aliphatic carbocycles. The molecule has 0 saturated heterocycles. The fraction of sp³-hybridized carbons (Fsp3) is 0.160. The van der Waals surface area contributed by atoms with Crippen molar-refractivity contribution in [2.24, 2.45) is 5.92 Å². The molecule has 0 radical (unpaired) electrons. The van der Waals surface area contributed by atoms with Crippen LogP contribution >= 0.6 is 0 Å². The quantitative estimate of drug-likeness (QED) is 0.415. The standard InChI is InChI=1S/C25H25FN4O3/c1-16(2)22(30-23(31)17-11-13-18(26)14-12-17)24(32)27-20-9-6-10-21(15-20)29-25(33)28-19-7-4-3-5-8-19/h3-16,22H,1-2H3,(H,27,32)(H,30,31)(H2,28,29,33). The molecule has 1 unspecified atom stereocenters. The number of rotatable bonds is 7. The first-order valence-corrected chi connectivity index (χ1v) is 10.4. The first-order valence-electron chi connectivity index (χ1n) is 10.4. The fourth-order valence-electron chi connectivity index (χ4n) is 3.07. The highest BCUT2D eigenvalue weighted by Crippen LogP contribution is 2.17. The number of halogens is 1. The van der Waals surface area contributed by atoms with Gasteiger partial charge in [0.05, 0.1) is 0 Å². The number of urea groups is 1. The lowest BCUT2D eigenvalue weighted by molar-refractivity contribution is -0.118. The zero-order chi connectivity index (χ0) is 23.8. The predicted octanol–water partition coefficient (Wildman–Crippen LogP) is 4.86. The van der Waals surface area contributed by atoms with E-state index in [0.29, 0.717) is 17.1 Å². The second-order valence-corrected chi connectivity index (χ2v) is 7.72. The molecule has 3 aromatic rings. The van der Waals surface area contributed by atoms with Gasteiger partial charge < -0.3 is 21.3 Å². The predicted molar refractivity (Wildman–Crippen MR) is 127 cm³/mol. The normalized spacial score (nSPS) is 11.4. The summed E-state index contributed by atoms with van der Waals surface area (Å²) in [5.41, 5.74) is 1.85. The molecular formula is C25H25FN4O3. The smallest absolute Gasteiger partial charge is 0.323 e. The molecule has 0 spiro atoms. The monoisotopic (exact) mass is 448 g/mol. The van der Waals surface area contributed by atoms with Gasteiger partial charge in [-0.2, -0.15) is 0 Å². The molecule has 0 saturated carbocycles. The van der Waals surface area contributed by atoms with Crippen molar-refractivity contribution in [2.45, 2.75) is 19.9 Å². The SMILES string of the molecule is CC(C)C(NC(=O)c1ccc(F)cc1)C(=O)Nc1cccc(NC(=O)Nc2ccccc2)c1. The number of carbonyl (C=O) groups is 3. The van der Waals surface area contributed by atoms with E-state index in [2.05, 4.69) is 21.3 Å². The van der Waals surface area contributed by atoms with Gasteiger partial charge in [-0.3, -0.25) is 9.59 Å². The highest BCUT2D eigenvalue weighted by Gasteiger charge is 2.25. The first kappa shape index (κ1) is 23.5. The van der Waals surface area contributed by atoms with Crippen LogP contribution in [0.3, 0.4) is 0 Å². The van der Waals surface area contributed by atoms with E-state index in [1.807, 2.05) is 18.2 Å². The summed E-state index contributed by atoms with van der Waals surface area (Å²) in [4.78, 5) is 37.6. The van der Waals surface area contributed by atoms with Crippen LogP contribution in [-0.4, -0.2) is 23.9 Å². The van der Waals surface area contributed by atoms with E-state index in [0.717, 1.165) is 0 Å². The topological polar surface area (TPSA) is 99.3 Å². The molecule has 0 fully saturated rings. The molecule has 0 aromatic heterocycles. The Bertz CT molecular complexity index is 1120. The van der Waals surface area contributed by atoms with E-state index in [9.17, 15) is 18.8 Å². The Balaban J connectivity index is 1.63. The lowest BCUT2D eigenvalue weighted by Gasteiger charge is -2.22. The maximum atomic E-state index is 13.1. The van der Waals surface area contributed by atoms with E-state index in [1.165, 1.54) is 24.3 Å². The minimum absolute atomic E-state index is 0.202. The zero-order valence-electron chi connectivity index (χ0n) is 18.3. The summed E-state index contributed by atoms with van der Waals surface area (Å²) in [6, 6.07) is 19.5. The molecule has 3 aromatic carbocycles. The lowest BCUT2D eigenvalue weighted by Crippen LogP contribution is -2.47. The molecule has 8 heteroatoms. The number of benzene rings is 3. The van der Waals surface area contributed by atoms with E-state index in [1.54, 1.807) is 50.2 Å². The third kappa shape index (κ3) is 6.90. The second kappa shape index (κ2) is 10.9. The van der Waals surface area contributed by atoms with Gasteiger partial charge in [-0.25, -0.2) is 9.18 Å². The Morgan fingerprint density at radius 2 is 1.30 bits per heavy atom. The Morgan fingerprint density at radius 1 is 0.727 bits per heavy atom. The fourth-order valence-corrected chi connectivity index (χ4v) is 3.07. The van der Waals surface area contributed by atoms with Crippen molar-refractivity contribution in [1.82, 2.24) is 5.32 Å². The van der Waals surface area contributed by atoms with Crippen molar-refractivity contribution in [3.63, 3.8) is 0 Å². The third-order valence-electron chi connectivity index (χ3n) is 4.76. The van der Waals surface area contributed by atoms with E-state index in [4.69, 9.17) is 0 Å². The molecule has 33 heavy (non-hydrogen) atoms. The summed E-state index contributed by atoms with van der Waals surface area (Å²) in [5, 5.41) is 10.9. The molecule has 0 aliphatic heterocycles. The number of nitrogens with one attached hydrogen (secondary N) is 4. The minimum Gasteiger partial charge on any atom is -0.340 e. The van der Waals surface area contributed by atoms with Gasteiger partial charge in [0.2, 0.25) is 5.91 Å². The molecule has 0 aliphatic rings. The van der Waals surface area contributed by atoms with Crippen molar-refractivity contribution in [3.05, 3.63) is 90.2 Å². The molecule has 170 valence electrons. The Morgan fingerprint density at radius 3 is 1.94 bits per heavy atom. The molecular weight excluding hydrogens is 423 g/mol. The van der Waals surface area contributed by atoms with Crippen LogP contribution in [0.15, 0.2) is 78.9 Å². The van der Waals surface area contributed by atoms with E-state index >= 15 is 0 Å². The van der Waals surface area contributed by atoms with Crippen LogP contribution in [0.2, 0.25) is 0 Å². The van der Waals surface area contributed by atoms with Gasteiger partial charge in [0.1, 0.15) is 11.9 Å². The summed E-state index contributed by atoms with van der Waals surface area (Å²) < 4.78 is 13.1. The van der Waals surface area contributed by atoms with E-state index in [-0.39, 0.29) is 11.5 Å². The van der Waals surface area contributed by atoms with Crippen LogP contribution in [-0.2, 0) is 4.79 Å². The molecule has 0 heterocycles. The third-order valence-corrected chi connectivity index (χ3v) is 4.76. The highest BCUT2D eigenvalue weighted by atomic mass is 19.1. The highest BCUT2D eigenvalue weighted by molar-refractivity contribution is 6.02. The molecule has 7 nitrogen and oxygen atoms in total. The minimum atomic E-state index is -0.819. The van der Waals surface area contributed by atoms with Crippen molar-refractivity contribution in [1.29, 1.82) is 0 Å². The number of amides is 4. The first-order chi connectivity index (χ1) is 15.8. The molecule has 4 amide bonds. The Kier molecular flexibility index (Phi) is 7.75. The summed E-state index contributed by atoms with van der Waals surface area (Å²) in [6.07, 6.45) is 0. The number of para-hydroxylation sites is 1. The lowest BCUT2D eigenvalue weighted by atomic mass is 10.0. The van der Waals surface area contributed by atoms with Gasteiger partial charge in [0, 0.05) is 22.6 Å². The average molecular weight is 448 g/mol. The van der Waals surface area contributed by atoms with Crippen LogP contribution < -0.4 is 21.3 Å². The molecule has 3 rings (SSSR count). The number of carbonyl (C=O) groups excluding carboxylic acids is 3. The van der Waals surface area contributed by atoms with Crippen molar-refractivity contribution in [2.75, 3.05) is 16.0 Å². The largest absolute Gasteiger partial charge is 0.340 e. The van der Waals surface area contributed by atoms with Crippen LogP contribution in [0.25, 0.3) is 0 Å². The van der Waals surface area contributed by atoms with Crippen LogP contribution in [0, 0.1) is 11.7 Å². The second-order valence-electron chi connectivity index (χ2n) is 7.72. The molecule has 1 atom stereocenters. The van der Waals surface area contributed by atoms with Crippen LogP contribution in [0.5, 0.6) is 0 Å². The Labute approximate surface area is 191 Å². The number of hydrogen-bond acceptors (Lipinski definition) is 3. The summed E-state index contributed by atoms with van der Waals surface area (Å²) >= 11 is 0. The maximum absolute atomic E-state index is 13.1. The van der Waals surface area contributed by atoms with Crippen LogP contribution in [0.1, 0.15) is 24.2 Å². The van der Waals surface area contributed by atoms with Gasteiger partial charge in [-0.15, -0.1) is 0 Å². The van der Waals surface area contributed by atoms with Gasteiger partial charge in [-0.1, -0.05) is 38.1 Å². The van der Waals surface area contributed by atoms with Gasteiger partial charge in [0.25, 0.3) is 5.91 Å². The van der Waals surface area contributed by atoms with Crippen LogP contribution in [0.4, 0.5) is 26.2 Å². The van der Waals surface area contributed by atoms with Gasteiger partial charge in [-0.05, 0) is 60.5 Å². The maximum Gasteiger partial charge on any atom is 0.323 e. The van der Waals surface area contributed by atoms with Gasteiger partial charge in [0.15, 0.2) is 0 Å². The summed E-state index contributed by atoms with van der Waals surface area (Å²) in [6.45, 7) is 3.61. The average Bonchev–Trinajstić information content (AvgIpc) is 2.78. The summed E-state index contributed by atoms with van der Waals surface area (Å²) in [7, 11) is 0. The zero-order valence-corrected chi connectivity index (χ0v) is 18.3. The number of anilines is 3. The number of hydrogen-bond donors (Lipinski definition) is 4. The van der Waals surface area contributed by atoms with Gasteiger partial charge >= 0.3 is 6.03 Å². The van der Waals surface area contributed by atoms with Crippen molar-refractivity contribution < 1.29 is 18.8 Å².